The van der Waals surface area contributed by atoms with Gasteiger partial charge in [0, 0.05) is 12.5 Å². The Kier molecular flexibility index (Phi) is 4.78. The van der Waals surface area contributed by atoms with Crippen LogP contribution in [-0.2, 0) is 4.74 Å². The third kappa shape index (κ3) is 4.52. The first-order valence-electron chi connectivity index (χ1n) is 6.47. The largest absolute Gasteiger partial charge is 0.444 e. The van der Waals surface area contributed by atoms with Gasteiger partial charge in [0.2, 0.25) is 0 Å². The van der Waals surface area contributed by atoms with Crippen LogP contribution in [0.4, 0.5) is 9.18 Å². The van der Waals surface area contributed by atoms with Crippen molar-refractivity contribution < 1.29 is 13.9 Å². The number of alkyl halides is 1. The SMILES string of the molecule is CCCCC1CC(F)CN1C(=O)OC(C)(C)C. The zero-order valence-electron chi connectivity index (χ0n) is 11.3. The first kappa shape index (κ1) is 14.3. The number of hydrogen-bond acceptors (Lipinski definition) is 2. The summed E-state index contributed by atoms with van der Waals surface area (Å²) in [5.41, 5.74) is -0.513. The molecule has 0 N–H and O–H groups in total. The van der Waals surface area contributed by atoms with Gasteiger partial charge in [-0.25, -0.2) is 9.18 Å². The molecule has 1 rings (SSSR count). The highest BCUT2D eigenvalue weighted by Gasteiger charge is 2.37. The standard InChI is InChI=1S/C13H24FNO2/c1-5-6-7-11-8-10(14)9-15(11)12(16)17-13(2,3)4/h10-11H,5-9H2,1-4H3. The lowest BCUT2D eigenvalue weighted by Crippen LogP contribution is -2.40. The van der Waals surface area contributed by atoms with Gasteiger partial charge in [0.05, 0.1) is 6.54 Å². The molecule has 0 aliphatic carbocycles. The van der Waals surface area contributed by atoms with E-state index in [9.17, 15) is 9.18 Å². The van der Waals surface area contributed by atoms with Crippen LogP contribution in [0.5, 0.6) is 0 Å². The number of carbonyl (C=O) groups excluding carboxylic acids is 1. The number of rotatable bonds is 3. The minimum Gasteiger partial charge on any atom is -0.444 e. The van der Waals surface area contributed by atoms with Gasteiger partial charge >= 0.3 is 6.09 Å². The second-order valence-electron chi connectivity index (χ2n) is 5.76. The van der Waals surface area contributed by atoms with Crippen molar-refractivity contribution >= 4 is 6.09 Å². The fourth-order valence-corrected chi connectivity index (χ4v) is 2.12. The van der Waals surface area contributed by atoms with Gasteiger partial charge in [0.1, 0.15) is 11.8 Å². The summed E-state index contributed by atoms with van der Waals surface area (Å²) in [4.78, 5) is 13.5. The molecule has 1 aliphatic rings. The van der Waals surface area contributed by atoms with E-state index in [4.69, 9.17) is 4.74 Å². The number of carbonyl (C=O) groups is 1. The molecule has 0 spiro atoms. The molecule has 0 bridgehead atoms. The quantitative estimate of drug-likeness (QED) is 0.761. The Bertz CT molecular complexity index is 263. The van der Waals surface area contributed by atoms with E-state index in [2.05, 4.69) is 6.92 Å². The minimum absolute atomic E-state index is 0.0137. The van der Waals surface area contributed by atoms with Crippen molar-refractivity contribution in [3.05, 3.63) is 0 Å². The lowest BCUT2D eigenvalue weighted by atomic mass is 10.1. The Labute approximate surface area is 103 Å². The average molecular weight is 245 g/mol. The van der Waals surface area contributed by atoms with Gasteiger partial charge in [-0.3, -0.25) is 0 Å². The molecular weight excluding hydrogens is 221 g/mol. The molecular formula is C13H24FNO2. The molecule has 4 heteroatoms. The maximum Gasteiger partial charge on any atom is 0.410 e. The highest BCUT2D eigenvalue weighted by atomic mass is 19.1. The van der Waals surface area contributed by atoms with E-state index in [1.807, 2.05) is 20.8 Å². The lowest BCUT2D eigenvalue weighted by molar-refractivity contribution is 0.0211. The lowest BCUT2D eigenvalue weighted by Gasteiger charge is -2.28. The Morgan fingerprint density at radius 3 is 2.65 bits per heavy atom. The third-order valence-corrected chi connectivity index (χ3v) is 2.88. The van der Waals surface area contributed by atoms with E-state index in [1.165, 1.54) is 0 Å². The van der Waals surface area contributed by atoms with Crippen LogP contribution in [0, 0.1) is 0 Å². The molecule has 17 heavy (non-hydrogen) atoms. The predicted octanol–water partition coefficient (Wildman–Crippen LogP) is 3.52. The van der Waals surface area contributed by atoms with Crippen molar-refractivity contribution in [3.8, 4) is 0 Å². The van der Waals surface area contributed by atoms with Crippen LogP contribution in [0.1, 0.15) is 53.4 Å². The van der Waals surface area contributed by atoms with Gasteiger partial charge in [-0.15, -0.1) is 0 Å². The fraction of sp³-hybridized carbons (Fsp3) is 0.923. The third-order valence-electron chi connectivity index (χ3n) is 2.88. The summed E-state index contributed by atoms with van der Waals surface area (Å²) in [5.74, 6) is 0. The van der Waals surface area contributed by atoms with Gasteiger partial charge in [0.25, 0.3) is 0 Å². The van der Waals surface area contributed by atoms with Crippen molar-refractivity contribution in [1.82, 2.24) is 4.90 Å². The van der Waals surface area contributed by atoms with E-state index in [0.717, 1.165) is 19.3 Å². The normalized spacial score (nSPS) is 25.1. The van der Waals surface area contributed by atoms with Gasteiger partial charge in [-0.05, 0) is 27.2 Å². The number of nitrogens with zero attached hydrogens (tertiary/aromatic N) is 1. The Hall–Kier alpha value is -0.800. The second kappa shape index (κ2) is 5.69. The monoisotopic (exact) mass is 245 g/mol. The van der Waals surface area contributed by atoms with E-state index in [0.29, 0.717) is 6.42 Å². The van der Waals surface area contributed by atoms with Crippen molar-refractivity contribution in [2.45, 2.75) is 71.2 Å². The van der Waals surface area contributed by atoms with E-state index in [1.54, 1.807) is 4.90 Å². The number of ether oxygens (including phenoxy) is 1. The van der Waals surface area contributed by atoms with Crippen LogP contribution in [0.3, 0.4) is 0 Å². The predicted molar refractivity (Wildman–Crippen MR) is 65.8 cm³/mol. The van der Waals surface area contributed by atoms with Crippen LogP contribution in [0.2, 0.25) is 0 Å². The van der Waals surface area contributed by atoms with Gasteiger partial charge in [-0.1, -0.05) is 19.8 Å². The Morgan fingerprint density at radius 1 is 1.47 bits per heavy atom. The van der Waals surface area contributed by atoms with E-state index < -0.39 is 11.8 Å². The molecule has 100 valence electrons. The molecule has 0 radical (unpaired) electrons. The summed E-state index contributed by atoms with van der Waals surface area (Å²) in [6, 6.07) is 0.0137. The molecule has 2 unspecified atom stereocenters. The molecule has 3 nitrogen and oxygen atoms in total. The summed E-state index contributed by atoms with van der Waals surface area (Å²) in [7, 11) is 0. The summed E-state index contributed by atoms with van der Waals surface area (Å²) < 4.78 is 18.7. The summed E-state index contributed by atoms with van der Waals surface area (Å²) in [5, 5.41) is 0. The molecule has 0 aromatic rings. The summed E-state index contributed by atoms with van der Waals surface area (Å²) in [6.07, 6.45) is 2.14. The van der Waals surface area contributed by atoms with Crippen LogP contribution in [0.15, 0.2) is 0 Å². The second-order valence-corrected chi connectivity index (χ2v) is 5.76. The molecule has 0 aromatic carbocycles. The van der Waals surface area contributed by atoms with Gasteiger partial charge < -0.3 is 9.64 Å². The number of likely N-dealkylation sites (tertiary alicyclic amines) is 1. The number of unbranched alkanes of at least 4 members (excludes halogenated alkanes) is 1. The highest BCUT2D eigenvalue weighted by molar-refractivity contribution is 5.69. The number of hydrogen-bond donors (Lipinski definition) is 0. The number of halogens is 1. The first-order valence-corrected chi connectivity index (χ1v) is 6.47. The van der Waals surface area contributed by atoms with Crippen LogP contribution >= 0.6 is 0 Å². The van der Waals surface area contributed by atoms with Gasteiger partial charge in [-0.2, -0.15) is 0 Å². The van der Waals surface area contributed by atoms with Crippen LogP contribution in [0.25, 0.3) is 0 Å². The molecule has 1 aliphatic heterocycles. The molecule has 1 amide bonds. The molecule has 1 fully saturated rings. The maximum absolute atomic E-state index is 13.4. The molecule has 0 saturated carbocycles. The van der Waals surface area contributed by atoms with Crippen molar-refractivity contribution in [3.63, 3.8) is 0 Å². The zero-order chi connectivity index (χ0) is 13.1. The Morgan fingerprint density at radius 2 is 2.12 bits per heavy atom. The van der Waals surface area contributed by atoms with Crippen molar-refractivity contribution in [1.29, 1.82) is 0 Å². The van der Waals surface area contributed by atoms with Crippen LogP contribution in [-0.4, -0.2) is 35.4 Å². The smallest absolute Gasteiger partial charge is 0.410 e. The maximum atomic E-state index is 13.4. The average Bonchev–Trinajstić information content (AvgIpc) is 2.54. The van der Waals surface area contributed by atoms with E-state index in [-0.39, 0.29) is 18.7 Å². The molecule has 2 atom stereocenters. The zero-order valence-corrected chi connectivity index (χ0v) is 11.3. The van der Waals surface area contributed by atoms with E-state index >= 15 is 0 Å². The van der Waals surface area contributed by atoms with Gasteiger partial charge in [0.15, 0.2) is 0 Å². The summed E-state index contributed by atoms with van der Waals surface area (Å²) in [6.45, 7) is 7.77. The van der Waals surface area contributed by atoms with Crippen molar-refractivity contribution in [2.24, 2.45) is 0 Å². The minimum atomic E-state index is -0.899. The topological polar surface area (TPSA) is 29.5 Å². The fourth-order valence-electron chi connectivity index (χ4n) is 2.12. The highest BCUT2D eigenvalue weighted by Crippen LogP contribution is 2.26. The van der Waals surface area contributed by atoms with Crippen LogP contribution < -0.4 is 0 Å². The summed E-state index contributed by atoms with van der Waals surface area (Å²) >= 11 is 0. The number of amides is 1. The Balaban J connectivity index is 2.57. The molecule has 1 saturated heterocycles. The van der Waals surface area contributed by atoms with Crippen molar-refractivity contribution in [2.75, 3.05) is 6.54 Å². The molecule has 1 heterocycles. The molecule has 0 aromatic heterocycles. The first-order chi connectivity index (χ1) is 7.83.